The van der Waals surface area contributed by atoms with Crippen LogP contribution in [0.2, 0.25) is 0 Å². The van der Waals surface area contributed by atoms with Gasteiger partial charge in [-0.05, 0) is 43.9 Å². The van der Waals surface area contributed by atoms with Gasteiger partial charge in [0.25, 0.3) is 0 Å². The Labute approximate surface area is 107 Å². The lowest BCUT2D eigenvalue weighted by Crippen LogP contribution is -2.33. The van der Waals surface area contributed by atoms with E-state index in [1.54, 1.807) is 6.07 Å². The Bertz CT molecular complexity index is 456. The van der Waals surface area contributed by atoms with Gasteiger partial charge < -0.3 is 5.32 Å². The molecule has 0 fully saturated rings. The third-order valence-electron chi connectivity index (χ3n) is 3.35. The molecular formula is C15H18FNO. The van der Waals surface area contributed by atoms with Crippen molar-refractivity contribution in [3.63, 3.8) is 0 Å². The van der Waals surface area contributed by atoms with E-state index in [9.17, 15) is 9.18 Å². The van der Waals surface area contributed by atoms with E-state index in [1.165, 1.54) is 12.1 Å². The largest absolute Gasteiger partial charge is 0.349 e. The zero-order valence-corrected chi connectivity index (χ0v) is 10.5. The number of hydrogen-bond acceptors (Lipinski definition) is 1. The number of benzene rings is 1. The Hall–Kier alpha value is -1.64. The molecule has 0 aliphatic heterocycles. The fourth-order valence-electron chi connectivity index (χ4n) is 2.22. The molecule has 1 N–H and O–H groups in total. The number of nitrogens with one attached hydrogen (secondary N) is 1. The first-order valence-corrected chi connectivity index (χ1v) is 6.37. The lowest BCUT2D eigenvalue weighted by Gasteiger charge is -2.21. The van der Waals surface area contributed by atoms with Crippen molar-refractivity contribution in [2.24, 2.45) is 5.92 Å². The molecule has 2 atom stereocenters. The van der Waals surface area contributed by atoms with E-state index >= 15 is 0 Å². The Balaban J connectivity index is 1.96. The molecule has 0 saturated heterocycles. The van der Waals surface area contributed by atoms with Gasteiger partial charge in [0.05, 0.1) is 6.04 Å². The summed E-state index contributed by atoms with van der Waals surface area (Å²) in [6.45, 7) is 1.88. The molecule has 2 unspecified atom stereocenters. The molecule has 1 aromatic rings. The summed E-state index contributed by atoms with van der Waals surface area (Å²) in [5.74, 6) is -0.142. The van der Waals surface area contributed by atoms with E-state index in [4.69, 9.17) is 0 Å². The Morgan fingerprint density at radius 3 is 2.94 bits per heavy atom. The lowest BCUT2D eigenvalue weighted by molar-refractivity contribution is -0.125. The minimum Gasteiger partial charge on any atom is -0.349 e. The molecule has 1 amide bonds. The summed E-state index contributed by atoms with van der Waals surface area (Å²) in [7, 11) is 0. The van der Waals surface area contributed by atoms with Crippen LogP contribution in [0.4, 0.5) is 4.39 Å². The number of halogens is 1. The van der Waals surface area contributed by atoms with Crippen LogP contribution < -0.4 is 5.32 Å². The van der Waals surface area contributed by atoms with Crippen molar-refractivity contribution >= 4 is 5.91 Å². The third-order valence-corrected chi connectivity index (χ3v) is 3.35. The molecule has 0 saturated carbocycles. The molecule has 0 radical (unpaired) electrons. The van der Waals surface area contributed by atoms with Crippen LogP contribution >= 0.6 is 0 Å². The minimum absolute atomic E-state index is 0.0611. The van der Waals surface area contributed by atoms with Gasteiger partial charge in [-0.25, -0.2) is 4.39 Å². The van der Waals surface area contributed by atoms with Crippen LogP contribution in [0.25, 0.3) is 0 Å². The molecule has 2 rings (SSSR count). The van der Waals surface area contributed by atoms with Crippen LogP contribution in [-0.2, 0) is 4.79 Å². The van der Waals surface area contributed by atoms with Gasteiger partial charge in [-0.3, -0.25) is 4.79 Å². The molecular weight excluding hydrogens is 229 g/mol. The van der Waals surface area contributed by atoms with E-state index < -0.39 is 0 Å². The fraction of sp³-hybridized carbons (Fsp3) is 0.400. The summed E-state index contributed by atoms with van der Waals surface area (Å²) in [5.41, 5.74) is 0.801. The first kappa shape index (κ1) is 12.8. The van der Waals surface area contributed by atoms with E-state index in [1.807, 2.05) is 13.0 Å². The Kier molecular flexibility index (Phi) is 4.13. The zero-order chi connectivity index (χ0) is 13.0. The molecule has 0 spiro atoms. The highest BCUT2D eigenvalue weighted by Crippen LogP contribution is 2.20. The van der Waals surface area contributed by atoms with Crippen molar-refractivity contribution in [3.8, 4) is 0 Å². The van der Waals surface area contributed by atoms with Crippen molar-refractivity contribution in [1.82, 2.24) is 5.32 Å². The topological polar surface area (TPSA) is 29.1 Å². The highest BCUT2D eigenvalue weighted by atomic mass is 19.1. The van der Waals surface area contributed by atoms with Crippen LogP contribution in [0.15, 0.2) is 36.4 Å². The van der Waals surface area contributed by atoms with Crippen LogP contribution in [0.3, 0.4) is 0 Å². The minimum atomic E-state index is -0.269. The van der Waals surface area contributed by atoms with Gasteiger partial charge in [0.2, 0.25) is 5.91 Å². The van der Waals surface area contributed by atoms with Crippen molar-refractivity contribution in [3.05, 3.63) is 47.8 Å². The summed E-state index contributed by atoms with van der Waals surface area (Å²) >= 11 is 0. The van der Waals surface area contributed by atoms with Gasteiger partial charge in [-0.15, -0.1) is 0 Å². The summed E-state index contributed by atoms with van der Waals surface area (Å²) in [6.07, 6.45) is 6.84. The van der Waals surface area contributed by atoms with Crippen molar-refractivity contribution in [2.75, 3.05) is 0 Å². The summed E-state index contributed by atoms with van der Waals surface area (Å²) in [5, 5.41) is 2.95. The van der Waals surface area contributed by atoms with Crippen molar-refractivity contribution in [2.45, 2.75) is 32.2 Å². The number of hydrogen-bond donors (Lipinski definition) is 1. The van der Waals surface area contributed by atoms with Crippen LogP contribution in [-0.4, -0.2) is 5.91 Å². The predicted octanol–water partition coefficient (Wildman–Crippen LogP) is 3.36. The first-order valence-electron chi connectivity index (χ1n) is 6.37. The predicted molar refractivity (Wildman–Crippen MR) is 69.4 cm³/mol. The van der Waals surface area contributed by atoms with Gasteiger partial charge >= 0.3 is 0 Å². The molecule has 0 heterocycles. The smallest absolute Gasteiger partial charge is 0.223 e. The second-order valence-corrected chi connectivity index (χ2v) is 4.77. The lowest BCUT2D eigenvalue weighted by atomic mass is 9.93. The summed E-state index contributed by atoms with van der Waals surface area (Å²) < 4.78 is 13.1. The number of carbonyl (C=O) groups is 1. The molecule has 3 heteroatoms. The number of amides is 1. The number of rotatable bonds is 3. The van der Waals surface area contributed by atoms with Gasteiger partial charge in [0.1, 0.15) is 5.82 Å². The van der Waals surface area contributed by atoms with Crippen LogP contribution in [0.1, 0.15) is 37.8 Å². The standard InChI is InChI=1S/C15H18FNO/c1-11(13-8-5-9-14(16)10-13)17-15(18)12-6-3-2-4-7-12/h2-3,5,8-12H,4,6-7H2,1H3,(H,17,18). The fourth-order valence-corrected chi connectivity index (χ4v) is 2.22. The van der Waals surface area contributed by atoms with E-state index in [0.717, 1.165) is 24.8 Å². The SMILES string of the molecule is CC(NC(=O)C1CC=CCC1)c1cccc(F)c1. The molecule has 0 aromatic heterocycles. The molecule has 1 aliphatic carbocycles. The van der Waals surface area contributed by atoms with Gasteiger partial charge in [0.15, 0.2) is 0 Å². The molecule has 96 valence electrons. The molecule has 1 aromatic carbocycles. The van der Waals surface area contributed by atoms with Crippen molar-refractivity contribution < 1.29 is 9.18 Å². The maximum atomic E-state index is 13.1. The van der Waals surface area contributed by atoms with Gasteiger partial charge in [-0.1, -0.05) is 24.3 Å². The molecule has 1 aliphatic rings. The second-order valence-electron chi connectivity index (χ2n) is 4.77. The van der Waals surface area contributed by atoms with Crippen LogP contribution in [0, 0.1) is 11.7 Å². The Morgan fingerprint density at radius 2 is 2.28 bits per heavy atom. The van der Waals surface area contributed by atoms with E-state index in [-0.39, 0.29) is 23.7 Å². The van der Waals surface area contributed by atoms with Crippen molar-refractivity contribution in [1.29, 1.82) is 0 Å². The monoisotopic (exact) mass is 247 g/mol. The average Bonchev–Trinajstić information content (AvgIpc) is 2.39. The van der Waals surface area contributed by atoms with E-state index in [0.29, 0.717) is 0 Å². The molecule has 18 heavy (non-hydrogen) atoms. The molecule has 0 bridgehead atoms. The highest BCUT2D eigenvalue weighted by Gasteiger charge is 2.20. The quantitative estimate of drug-likeness (QED) is 0.815. The van der Waals surface area contributed by atoms with Gasteiger partial charge in [-0.2, -0.15) is 0 Å². The zero-order valence-electron chi connectivity index (χ0n) is 10.5. The van der Waals surface area contributed by atoms with Gasteiger partial charge in [0, 0.05) is 5.92 Å². The number of carbonyl (C=O) groups excluding carboxylic acids is 1. The third kappa shape index (κ3) is 3.19. The Morgan fingerprint density at radius 1 is 1.44 bits per heavy atom. The maximum absolute atomic E-state index is 13.1. The summed E-state index contributed by atoms with van der Waals surface area (Å²) in [6, 6.07) is 6.21. The number of allylic oxidation sites excluding steroid dienone is 2. The van der Waals surface area contributed by atoms with Crippen LogP contribution in [0.5, 0.6) is 0 Å². The first-order chi connectivity index (χ1) is 8.66. The normalized spacial score (nSPS) is 20.4. The molecule has 2 nitrogen and oxygen atoms in total. The highest BCUT2D eigenvalue weighted by molar-refractivity contribution is 5.79. The maximum Gasteiger partial charge on any atom is 0.223 e. The second kappa shape index (κ2) is 5.80. The summed E-state index contributed by atoms with van der Waals surface area (Å²) in [4.78, 5) is 12.0. The van der Waals surface area contributed by atoms with E-state index in [2.05, 4.69) is 17.5 Å². The average molecular weight is 247 g/mol.